The molecule has 0 aliphatic rings. The molecule has 1 aromatic rings. The molecule has 92 valence electrons. The Hall–Kier alpha value is -1.29. The molecule has 0 fully saturated rings. The molecule has 0 aliphatic heterocycles. The number of aliphatic carboxylic acids is 1. The summed E-state index contributed by atoms with van der Waals surface area (Å²) in [7, 11) is 1.62. The minimum absolute atomic E-state index is 0.161. The molecule has 1 N–H and O–H groups in total. The van der Waals surface area contributed by atoms with E-state index in [2.05, 4.69) is 15.9 Å². The third-order valence-corrected chi connectivity index (χ3v) is 3.04. The summed E-state index contributed by atoms with van der Waals surface area (Å²) < 4.78 is 6.04. The second kappa shape index (κ2) is 6.45. The van der Waals surface area contributed by atoms with Crippen LogP contribution in [0, 0.1) is 0 Å². The first-order valence-corrected chi connectivity index (χ1v) is 6.06. The van der Waals surface area contributed by atoms with Crippen molar-refractivity contribution in [2.24, 2.45) is 0 Å². The topological polar surface area (TPSA) is 46.5 Å². The zero-order valence-electron chi connectivity index (χ0n) is 9.87. The normalized spacial score (nSPS) is 11.4. The van der Waals surface area contributed by atoms with E-state index >= 15 is 0 Å². The fraction of sp³-hybridized carbons (Fsp3) is 0.308. The molecule has 0 atom stereocenters. The van der Waals surface area contributed by atoms with E-state index in [0.717, 1.165) is 21.4 Å². The van der Waals surface area contributed by atoms with Crippen molar-refractivity contribution in [2.45, 2.75) is 19.8 Å². The number of benzene rings is 1. The van der Waals surface area contributed by atoms with Crippen molar-refractivity contribution < 1.29 is 14.6 Å². The van der Waals surface area contributed by atoms with Crippen LogP contribution in [-0.4, -0.2) is 18.2 Å². The van der Waals surface area contributed by atoms with Gasteiger partial charge in [0, 0.05) is 6.42 Å². The van der Waals surface area contributed by atoms with E-state index in [1.54, 1.807) is 7.11 Å². The van der Waals surface area contributed by atoms with Crippen molar-refractivity contribution in [3.63, 3.8) is 0 Å². The Morgan fingerprint density at radius 1 is 1.53 bits per heavy atom. The van der Waals surface area contributed by atoms with E-state index in [4.69, 9.17) is 9.84 Å². The maximum absolute atomic E-state index is 10.4. The average molecular weight is 299 g/mol. The van der Waals surface area contributed by atoms with Gasteiger partial charge in [0.2, 0.25) is 0 Å². The Morgan fingerprint density at radius 2 is 2.24 bits per heavy atom. The largest absolute Gasteiger partial charge is 0.496 e. The van der Waals surface area contributed by atoms with Gasteiger partial charge in [-0.1, -0.05) is 12.1 Å². The summed E-state index contributed by atoms with van der Waals surface area (Å²) in [6.07, 6.45) is 2.64. The van der Waals surface area contributed by atoms with Gasteiger partial charge in [0.1, 0.15) is 5.75 Å². The SMILES string of the molecule is COc1ccc(/C(C)=C/CCC(=O)O)cc1Br. The molecule has 1 rings (SSSR count). The van der Waals surface area contributed by atoms with E-state index < -0.39 is 5.97 Å². The lowest BCUT2D eigenvalue weighted by molar-refractivity contribution is -0.136. The van der Waals surface area contributed by atoms with Gasteiger partial charge < -0.3 is 9.84 Å². The molecule has 17 heavy (non-hydrogen) atoms. The van der Waals surface area contributed by atoms with Gasteiger partial charge in [0.15, 0.2) is 0 Å². The van der Waals surface area contributed by atoms with Crippen LogP contribution in [0.1, 0.15) is 25.3 Å². The molecule has 0 aliphatic carbocycles. The Morgan fingerprint density at radius 3 is 2.76 bits per heavy atom. The number of rotatable bonds is 5. The van der Waals surface area contributed by atoms with Gasteiger partial charge in [0.05, 0.1) is 11.6 Å². The second-order valence-electron chi connectivity index (χ2n) is 3.67. The number of hydrogen-bond acceptors (Lipinski definition) is 2. The molecular weight excluding hydrogens is 284 g/mol. The van der Waals surface area contributed by atoms with Crippen LogP contribution in [0.3, 0.4) is 0 Å². The van der Waals surface area contributed by atoms with E-state index in [1.165, 1.54) is 0 Å². The van der Waals surface area contributed by atoms with E-state index in [0.29, 0.717) is 6.42 Å². The van der Waals surface area contributed by atoms with Crippen LogP contribution in [0.25, 0.3) is 5.57 Å². The van der Waals surface area contributed by atoms with Crippen LogP contribution in [-0.2, 0) is 4.79 Å². The van der Waals surface area contributed by atoms with E-state index in [1.807, 2.05) is 31.2 Å². The quantitative estimate of drug-likeness (QED) is 0.901. The molecule has 0 spiro atoms. The maximum Gasteiger partial charge on any atom is 0.303 e. The minimum Gasteiger partial charge on any atom is -0.496 e. The summed E-state index contributed by atoms with van der Waals surface area (Å²) in [5.41, 5.74) is 2.12. The lowest BCUT2D eigenvalue weighted by Gasteiger charge is -2.06. The van der Waals surface area contributed by atoms with Crippen molar-refractivity contribution in [3.8, 4) is 5.75 Å². The van der Waals surface area contributed by atoms with Crippen LogP contribution < -0.4 is 4.74 Å². The van der Waals surface area contributed by atoms with Crippen LogP contribution >= 0.6 is 15.9 Å². The monoisotopic (exact) mass is 298 g/mol. The number of hydrogen-bond donors (Lipinski definition) is 1. The first-order chi connectivity index (χ1) is 8.04. The average Bonchev–Trinajstić information content (AvgIpc) is 2.28. The number of halogens is 1. The van der Waals surface area contributed by atoms with Crippen molar-refractivity contribution in [1.82, 2.24) is 0 Å². The third kappa shape index (κ3) is 4.23. The predicted octanol–water partition coefficient (Wildman–Crippen LogP) is 3.73. The molecule has 1 aromatic carbocycles. The van der Waals surface area contributed by atoms with Gasteiger partial charge in [-0.15, -0.1) is 0 Å². The van der Waals surface area contributed by atoms with Gasteiger partial charge in [-0.25, -0.2) is 0 Å². The Balaban J connectivity index is 2.78. The molecule has 4 heteroatoms. The maximum atomic E-state index is 10.4. The highest BCUT2D eigenvalue weighted by atomic mass is 79.9. The fourth-order valence-electron chi connectivity index (χ4n) is 1.44. The lowest BCUT2D eigenvalue weighted by Crippen LogP contribution is -1.92. The van der Waals surface area contributed by atoms with Crippen molar-refractivity contribution in [2.75, 3.05) is 7.11 Å². The highest BCUT2D eigenvalue weighted by Crippen LogP contribution is 2.28. The van der Waals surface area contributed by atoms with Crippen LogP contribution in [0.4, 0.5) is 0 Å². The van der Waals surface area contributed by atoms with Gasteiger partial charge in [-0.3, -0.25) is 4.79 Å². The Labute approximate surface area is 109 Å². The molecule has 0 amide bonds. The van der Waals surface area contributed by atoms with E-state index in [-0.39, 0.29) is 6.42 Å². The number of methoxy groups -OCH3 is 1. The highest BCUT2D eigenvalue weighted by molar-refractivity contribution is 9.10. The zero-order chi connectivity index (χ0) is 12.8. The summed E-state index contributed by atoms with van der Waals surface area (Å²) in [6, 6.07) is 5.80. The first-order valence-electron chi connectivity index (χ1n) is 5.27. The summed E-state index contributed by atoms with van der Waals surface area (Å²) in [6.45, 7) is 1.97. The van der Waals surface area contributed by atoms with Crippen molar-refractivity contribution in [1.29, 1.82) is 0 Å². The molecule has 0 bridgehead atoms. The second-order valence-corrected chi connectivity index (χ2v) is 4.52. The molecule has 0 radical (unpaired) electrons. The highest BCUT2D eigenvalue weighted by Gasteiger charge is 2.03. The van der Waals surface area contributed by atoms with Crippen LogP contribution in [0.15, 0.2) is 28.7 Å². The van der Waals surface area contributed by atoms with Gasteiger partial charge in [-0.2, -0.15) is 0 Å². The number of carbonyl (C=O) groups is 1. The third-order valence-electron chi connectivity index (χ3n) is 2.42. The molecule has 0 saturated carbocycles. The lowest BCUT2D eigenvalue weighted by atomic mass is 10.1. The molecular formula is C13H15BrO3. The van der Waals surface area contributed by atoms with E-state index in [9.17, 15) is 4.79 Å². The number of ether oxygens (including phenoxy) is 1. The van der Waals surface area contributed by atoms with Crippen molar-refractivity contribution >= 4 is 27.5 Å². The minimum atomic E-state index is -0.773. The summed E-state index contributed by atoms with van der Waals surface area (Å²) in [5.74, 6) is 0.0112. The zero-order valence-corrected chi connectivity index (χ0v) is 11.5. The molecule has 0 saturated heterocycles. The van der Waals surface area contributed by atoms with Gasteiger partial charge >= 0.3 is 5.97 Å². The van der Waals surface area contributed by atoms with Crippen molar-refractivity contribution in [3.05, 3.63) is 34.3 Å². The van der Waals surface area contributed by atoms with Crippen LogP contribution in [0.5, 0.6) is 5.75 Å². The summed E-state index contributed by atoms with van der Waals surface area (Å²) >= 11 is 3.42. The summed E-state index contributed by atoms with van der Waals surface area (Å²) in [5, 5.41) is 8.56. The number of carboxylic acid groups (broad SMARTS) is 1. The molecule has 0 aromatic heterocycles. The molecule has 0 unspecified atom stereocenters. The smallest absolute Gasteiger partial charge is 0.303 e. The fourth-order valence-corrected chi connectivity index (χ4v) is 1.98. The first kappa shape index (κ1) is 13.8. The standard InChI is InChI=1S/C13H15BrO3/c1-9(4-3-5-13(15)16)10-6-7-12(17-2)11(14)8-10/h4,6-8H,3,5H2,1-2H3,(H,15,16)/b9-4+. The number of allylic oxidation sites excluding steroid dienone is 2. The molecule has 0 heterocycles. The van der Waals surface area contributed by atoms with Gasteiger partial charge in [-0.05, 0) is 52.5 Å². The van der Waals surface area contributed by atoms with Crippen LogP contribution in [0.2, 0.25) is 0 Å². The summed E-state index contributed by atoms with van der Waals surface area (Å²) in [4.78, 5) is 10.4. The predicted molar refractivity (Wildman–Crippen MR) is 71.2 cm³/mol. The van der Waals surface area contributed by atoms with Gasteiger partial charge in [0.25, 0.3) is 0 Å². The molecule has 3 nitrogen and oxygen atoms in total. The Kier molecular flexibility index (Phi) is 5.22. The Bertz CT molecular complexity index is 438. The number of carboxylic acids is 1.